The number of rotatable bonds is 6. The third kappa shape index (κ3) is 79.7. The number of Topliss-reactive ketones (excluding diaryl/α,β-unsaturated/α-hetero) is 3. The summed E-state index contributed by atoms with van der Waals surface area (Å²) in [5, 5.41) is 30.4. The third-order valence-corrected chi connectivity index (χ3v) is 1.72. The molecule has 0 heterocycles. The second-order valence-corrected chi connectivity index (χ2v) is 5.15. The van der Waals surface area contributed by atoms with E-state index < -0.39 is 18.3 Å². The SMILES string of the molecule is CC(=O)CC(C)[O-].CC(=O)CC(C)[O-].CC(=O)CC(C)[O-].O.O.O.[Eu+3]. The first-order valence-electron chi connectivity index (χ1n) is 6.84. The maximum Gasteiger partial charge on any atom is 3.00 e. The van der Waals surface area contributed by atoms with Crippen LogP contribution in [0.5, 0.6) is 0 Å². The van der Waals surface area contributed by atoms with Crippen molar-refractivity contribution in [3.63, 3.8) is 0 Å². The van der Waals surface area contributed by atoms with Crippen LogP contribution in [0.3, 0.4) is 0 Å². The molecule has 0 aromatic heterocycles. The molecule has 0 aliphatic heterocycles. The molecule has 3 unspecified atom stereocenters. The molecular weight excluding hydrogens is 476 g/mol. The van der Waals surface area contributed by atoms with Crippen molar-refractivity contribution in [1.29, 1.82) is 0 Å². The summed E-state index contributed by atoms with van der Waals surface area (Å²) >= 11 is 0. The molecular formula is C15H33EuO9. The summed E-state index contributed by atoms with van der Waals surface area (Å²) in [5.74, 6) is -0.0764. The summed E-state index contributed by atoms with van der Waals surface area (Å²) in [4.78, 5) is 30.2. The van der Waals surface area contributed by atoms with Crippen LogP contribution in [0.4, 0.5) is 0 Å². The Morgan fingerprint density at radius 2 is 0.720 bits per heavy atom. The molecule has 0 saturated carbocycles. The van der Waals surface area contributed by atoms with Gasteiger partial charge in [0.15, 0.2) is 0 Å². The van der Waals surface area contributed by atoms with E-state index in [2.05, 4.69) is 0 Å². The molecule has 10 heteroatoms. The number of ketones is 3. The Morgan fingerprint density at radius 3 is 0.720 bits per heavy atom. The van der Waals surface area contributed by atoms with Gasteiger partial charge in [0.1, 0.15) is 17.3 Å². The van der Waals surface area contributed by atoms with E-state index in [1.165, 1.54) is 41.5 Å². The van der Waals surface area contributed by atoms with Crippen molar-refractivity contribution < 1.29 is 95.5 Å². The van der Waals surface area contributed by atoms with E-state index in [1.54, 1.807) is 0 Å². The van der Waals surface area contributed by atoms with Crippen molar-refractivity contribution in [3.05, 3.63) is 0 Å². The normalized spacial score (nSPS) is 11.4. The molecule has 0 rings (SSSR count). The molecule has 0 bridgehead atoms. The summed E-state index contributed by atoms with van der Waals surface area (Å²) in [5.41, 5.74) is 0. The smallest absolute Gasteiger partial charge is 0.852 e. The van der Waals surface area contributed by atoms with Crippen LogP contribution in [0.1, 0.15) is 60.8 Å². The van der Waals surface area contributed by atoms with Crippen LogP contribution in [0, 0.1) is 49.4 Å². The zero-order valence-electron chi connectivity index (χ0n) is 15.7. The van der Waals surface area contributed by atoms with Gasteiger partial charge in [0.25, 0.3) is 0 Å². The molecule has 3 atom stereocenters. The van der Waals surface area contributed by atoms with Crippen LogP contribution in [0.2, 0.25) is 0 Å². The van der Waals surface area contributed by atoms with Crippen LogP contribution < -0.4 is 15.3 Å². The van der Waals surface area contributed by atoms with E-state index in [1.807, 2.05) is 0 Å². The Balaban J connectivity index is -0.0000000360. The average molecular weight is 509 g/mol. The molecule has 154 valence electrons. The Labute approximate surface area is 190 Å². The van der Waals surface area contributed by atoms with Crippen molar-refractivity contribution in [2.45, 2.75) is 79.1 Å². The summed E-state index contributed by atoms with van der Waals surface area (Å²) in [7, 11) is 0. The molecule has 9 nitrogen and oxygen atoms in total. The summed E-state index contributed by atoms with van der Waals surface area (Å²) in [6, 6.07) is 0. The minimum atomic E-state index is -0.725. The summed E-state index contributed by atoms with van der Waals surface area (Å²) in [6.07, 6.45) is -1.67. The standard InChI is InChI=1S/3C5H9O2.Eu.3H2O/c3*1-4(6)3-5(2)7;;;;/h3*4H,3H2,1-2H3;;3*1H2/q3*-1;+3;;;. The van der Waals surface area contributed by atoms with Crippen molar-refractivity contribution in [2.75, 3.05) is 0 Å². The minimum absolute atomic E-state index is 0. The molecule has 0 aromatic carbocycles. The second kappa shape index (κ2) is 29.1. The van der Waals surface area contributed by atoms with E-state index in [0.29, 0.717) is 0 Å². The van der Waals surface area contributed by atoms with Crippen molar-refractivity contribution in [3.8, 4) is 0 Å². The van der Waals surface area contributed by atoms with Crippen LogP contribution in [0.25, 0.3) is 0 Å². The zero-order valence-corrected chi connectivity index (χ0v) is 18.1. The monoisotopic (exact) mass is 510 g/mol. The van der Waals surface area contributed by atoms with E-state index >= 15 is 0 Å². The summed E-state index contributed by atoms with van der Waals surface area (Å²) in [6.45, 7) is 8.74. The molecule has 0 amide bonds. The Morgan fingerprint density at radius 1 is 0.600 bits per heavy atom. The molecule has 0 fully saturated rings. The molecule has 6 N–H and O–H groups in total. The zero-order chi connectivity index (χ0) is 17.6. The van der Waals surface area contributed by atoms with Gasteiger partial charge in [-0.1, -0.05) is 20.8 Å². The molecule has 0 aromatic rings. The van der Waals surface area contributed by atoms with Gasteiger partial charge in [0.05, 0.1) is 0 Å². The van der Waals surface area contributed by atoms with Gasteiger partial charge >= 0.3 is 49.4 Å². The second-order valence-electron chi connectivity index (χ2n) is 5.15. The molecule has 0 saturated heterocycles. The van der Waals surface area contributed by atoms with Crippen molar-refractivity contribution in [2.24, 2.45) is 0 Å². The van der Waals surface area contributed by atoms with Gasteiger partial charge in [0, 0.05) is 0 Å². The van der Waals surface area contributed by atoms with Crippen molar-refractivity contribution >= 4 is 17.3 Å². The number of hydrogen-bond acceptors (Lipinski definition) is 6. The Bertz CT molecular complexity index is 258. The molecule has 0 aliphatic rings. The largest absolute Gasteiger partial charge is 3.00 e. The molecule has 0 aliphatic carbocycles. The van der Waals surface area contributed by atoms with Crippen LogP contribution in [0.15, 0.2) is 0 Å². The van der Waals surface area contributed by atoms with Crippen LogP contribution >= 0.6 is 0 Å². The van der Waals surface area contributed by atoms with Gasteiger partial charge in [-0.2, -0.15) is 0 Å². The first kappa shape index (κ1) is 44.6. The van der Waals surface area contributed by atoms with Gasteiger partial charge in [0.2, 0.25) is 0 Å². The first-order valence-corrected chi connectivity index (χ1v) is 6.84. The van der Waals surface area contributed by atoms with E-state index in [0.717, 1.165) is 0 Å². The van der Waals surface area contributed by atoms with Gasteiger partial charge in [-0.15, -0.1) is 18.3 Å². The van der Waals surface area contributed by atoms with Gasteiger partial charge in [-0.3, -0.25) is 0 Å². The maximum absolute atomic E-state index is 10.1. The average Bonchev–Trinajstić information content (AvgIpc) is 2.10. The number of carbonyl (C=O) groups excluding carboxylic acids is 3. The molecule has 0 spiro atoms. The van der Waals surface area contributed by atoms with Gasteiger partial charge in [-0.25, -0.2) is 0 Å². The predicted molar refractivity (Wildman–Crippen MR) is 85.1 cm³/mol. The third-order valence-electron chi connectivity index (χ3n) is 1.72. The Hall–Kier alpha value is 0.354. The fraction of sp³-hybridized carbons (Fsp3) is 0.800. The molecule has 0 radical (unpaired) electrons. The fourth-order valence-corrected chi connectivity index (χ4v) is 1.21. The fourth-order valence-electron chi connectivity index (χ4n) is 1.21. The van der Waals surface area contributed by atoms with Gasteiger partial charge < -0.3 is 46.1 Å². The van der Waals surface area contributed by atoms with E-state index in [9.17, 15) is 29.7 Å². The molecule has 25 heavy (non-hydrogen) atoms. The van der Waals surface area contributed by atoms with Gasteiger partial charge in [-0.05, 0) is 40.0 Å². The first-order chi connectivity index (χ1) is 9.38. The number of hydrogen-bond donors (Lipinski definition) is 0. The minimum Gasteiger partial charge on any atom is -0.852 e. The van der Waals surface area contributed by atoms with Crippen molar-refractivity contribution in [1.82, 2.24) is 0 Å². The van der Waals surface area contributed by atoms with E-state index in [4.69, 9.17) is 0 Å². The van der Waals surface area contributed by atoms with Crippen LogP contribution in [-0.2, 0) is 14.4 Å². The van der Waals surface area contributed by atoms with E-state index in [-0.39, 0.29) is 102 Å². The number of carbonyl (C=O) groups is 3. The predicted octanol–water partition coefficient (Wildman–Crippen LogP) is -3.33. The maximum atomic E-state index is 10.1. The topological polar surface area (TPSA) is 215 Å². The quantitative estimate of drug-likeness (QED) is 0.356. The van der Waals surface area contributed by atoms with Crippen LogP contribution in [-0.4, -0.2) is 52.1 Å². The summed E-state index contributed by atoms with van der Waals surface area (Å²) < 4.78 is 0. The Kier molecular flexibility index (Phi) is 52.0.